The average Bonchev–Trinajstić information content (AvgIpc) is 3.23. The van der Waals surface area contributed by atoms with E-state index >= 15 is 0 Å². The van der Waals surface area contributed by atoms with Gasteiger partial charge in [0.05, 0.1) is 18.3 Å². The molecule has 3 rings (SSSR count). The minimum Gasteiger partial charge on any atom is -0.448 e. The second-order valence-electron chi connectivity index (χ2n) is 6.61. The number of piperidine rings is 1. The molecule has 0 amide bonds. The van der Waals surface area contributed by atoms with Crippen LogP contribution in [0.4, 0.5) is 0 Å². The Morgan fingerprint density at radius 3 is 2.96 bits per heavy atom. The van der Waals surface area contributed by atoms with E-state index in [0.29, 0.717) is 30.7 Å². The Morgan fingerprint density at radius 2 is 2.21 bits per heavy atom. The van der Waals surface area contributed by atoms with Crippen LogP contribution in [-0.4, -0.2) is 40.3 Å². The molecule has 2 aromatic heterocycles. The van der Waals surface area contributed by atoms with Gasteiger partial charge in [-0.1, -0.05) is 25.4 Å². The molecule has 1 saturated heterocycles. The Labute approximate surface area is 142 Å². The minimum absolute atomic E-state index is 0.154. The van der Waals surface area contributed by atoms with Crippen LogP contribution in [0.15, 0.2) is 15.2 Å². The first kappa shape index (κ1) is 17.1. The van der Waals surface area contributed by atoms with Gasteiger partial charge in [0.25, 0.3) is 0 Å². The molecule has 0 unspecified atom stereocenters. The Hall–Kier alpha value is -1.73. The summed E-state index contributed by atoms with van der Waals surface area (Å²) >= 11 is 0. The summed E-state index contributed by atoms with van der Waals surface area (Å²) in [6.07, 6.45) is 5.82. The number of methoxy groups -OCH3 is 1. The third-order valence-electron chi connectivity index (χ3n) is 4.34. The fourth-order valence-corrected chi connectivity index (χ4v) is 3.03. The zero-order chi connectivity index (χ0) is 16.9. The van der Waals surface area contributed by atoms with Gasteiger partial charge >= 0.3 is 0 Å². The Balaban J connectivity index is 1.69. The van der Waals surface area contributed by atoms with Crippen LogP contribution in [0.1, 0.15) is 68.4 Å². The standard InChI is InChI=1S/C17H26N4O3/c1-12(2)16-18-13(11-23-16)10-21-8-5-4-6-14(21)17-19-15(20-24-17)7-9-22-3/h11-12,14H,4-10H2,1-3H3/t14-/m1/s1. The highest BCUT2D eigenvalue weighted by atomic mass is 16.5. The van der Waals surface area contributed by atoms with Gasteiger partial charge < -0.3 is 13.7 Å². The zero-order valence-electron chi connectivity index (χ0n) is 14.7. The Kier molecular flexibility index (Phi) is 5.63. The second kappa shape index (κ2) is 7.90. The summed E-state index contributed by atoms with van der Waals surface area (Å²) in [4.78, 5) is 11.5. The predicted molar refractivity (Wildman–Crippen MR) is 87.5 cm³/mol. The van der Waals surface area contributed by atoms with Crippen LogP contribution >= 0.6 is 0 Å². The Morgan fingerprint density at radius 1 is 1.33 bits per heavy atom. The molecule has 2 aromatic rings. The van der Waals surface area contributed by atoms with Crippen molar-refractivity contribution in [3.63, 3.8) is 0 Å². The normalized spacial score (nSPS) is 19.2. The topological polar surface area (TPSA) is 77.4 Å². The summed E-state index contributed by atoms with van der Waals surface area (Å²) in [7, 11) is 1.67. The first-order valence-corrected chi connectivity index (χ1v) is 8.67. The monoisotopic (exact) mass is 334 g/mol. The molecule has 0 spiro atoms. The maximum atomic E-state index is 5.55. The van der Waals surface area contributed by atoms with Crippen LogP contribution < -0.4 is 0 Å². The minimum atomic E-state index is 0.154. The number of hydrogen-bond donors (Lipinski definition) is 0. The fourth-order valence-electron chi connectivity index (χ4n) is 3.03. The van der Waals surface area contributed by atoms with Crippen molar-refractivity contribution in [1.82, 2.24) is 20.0 Å². The van der Waals surface area contributed by atoms with Crippen molar-refractivity contribution in [1.29, 1.82) is 0 Å². The maximum Gasteiger partial charge on any atom is 0.244 e. The molecule has 1 atom stereocenters. The van der Waals surface area contributed by atoms with Crippen molar-refractivity contribution in [2.24, 2.45) is 0 Å². The highest BCUT2D eigenvalue weighted by Gasteiger charge is 2.29. The van der Waals surface area contributed by atoms with E-state index in [4.69, 9.17) is 13.7 Å². The van der Waals surface area contributed by atoms with Gasteiger partial charge in [0.15, 0.2) is 11.7 Å². The Bertz CT molecular complexity index is 637. The molecule has 0 saturated carbocycles. The number of oxazole rings is 1. The van der Waals surface area contributed by atoms with E-state index in [2.05, 4.69) is 33.9 Å². The average molecular weight is 334 g/mol. The van der Waals surface area contributed by atoms with Gasteiger partial charge in [-0.25, -0.2) is 4.98 Å². The second-order valence-corrected chi connectivity index (χ2v) is 6.61. The van der Waals surface area contributed by atoms with Crippen molar-refractivity contribution in [2.75, 3.05) is 20.3 Å². The van der Waals surface area contributed by atoms with Gasteiger partial charge in [0, 0.05) is 26.0 Å². The summed E-state index contributed by atoms with van der Waals surface area (Å²) in [6.45, 7) is 6.52. The number of aromatic nitrogens is 3. The summed E-state index contributed by atoms with van der Waals surface area (Å²) in [5, 5.41) is 4.07. The first-order chi connectivity index (χ1) is 11.7. The van der Waals surface area contributed by atoms with E-state index in [1.165, 1.54) is 12.8 Å². The van der Waals surface area contributed by atoms with Gasteiger partial charge in [-0.3, -0.25) is 4.90 Å². The summed E-state index contributed by atoms with van der Waals surface area (Å²) < 4.78 is 16.1. The molecule has 132 valence electrons. The summed E-state index contributed by atoms with van der Waals surface area (Å²) in [5.74, 6) is 2.50. The van der Waals surface area contributed by atoms with Gasteiger partial charge in [-0.15, -0.1) is 0 Å². The maximum absolute atomic E-state index is 5.55. The lowest BCUT2D eigenvalue weighted by molar-refractivity contribution is 0.110. The van der Waals surface area contributed by atoms with Crippen molar-refractivity contribution in [2.45, 2.75) is 58.0 Å². The molecule has 0 aromatic carbocycles. The lowest BCUT2D eigenvalue weighted by atomic mass is 10.0. The number of ether oxygens (including phenoxy) is 1. The molecule has 1 aliphatic heterocycles. The van der Waals surface area contributed by atoms with Crippen molar-refractivity contribution < 1.29 is 13.7 Å². The molecule has 24 heavy (non-hydrogen) atoms. The molecule has 3 heterocycles. The van der Waals surface area contributed by atoms with Crippen molar-refractivity contribution >= 4 is 0 Å². The van der Waals surface area contributed by atoms with Crippen LogP contribution in [0.2, 0.25) is 0 Å². The number of nitrogens with zero attached hydrogens (tertiary/aromatic N) is 4. The number of likely N-dealkylation sites (tertiary alicyclic amines) is 1. The molecule has 7 nitrogen and oxygen atoms in total. The van der Waals surface area contributed by atoms with E-state index < -0.39 is 0 Å². The largest absolute Gasteiger partial charge is 0.448 e. The highest BCUT2D eigenvalue weighted by Crippen LogP contribution is 2.31. The molecule has 7 heteroatoms. The molecule has 0 aliphatic carbocycles. The highest BCUT2D eigenvalue weighted by molar-refractivity contribution is 5.02. The van der Waals surface area contributed by atoms with Crippen LogP contribution in [-0.2, 0) is 17.7 Å². The molecule has 1 aliphatic rings. The molecule has 0 N–H and O–H groups in total. The third-order valence-corrected chi connectivity index (χ3v) is 4.34. The molecular weight excluding hydrogens is 308 g/mol. The van der Waals surface area contributed by atoms with Crippen LogP contribution in [0, 0.1) is 0 Å². The molecular formula is C17H26N4O3. The van der Waals surface area contributed by atoms with E-state index in [-0.39, 0.29) is 6.04 Å². The fraction of sp³-hybridized carbons (Fsp3) is 0.706. The van der Waals surface area contributed by atoms with Crippen LogP contribution in [0.25, 0.3) is 0 Å². The smallest absolute Gasteiger partial charge is 0.244 e. The summed E-state index contributed by atoms with van der Waals surface area (Å²) in [6, 6.07) is 0.154. The van der Waals surface area contributed by atoms with Crippen LogP contribution in [0.3, 0.4) is 0 Å². The van der Waals surface area contributed by atoms with Crippen molar-refractivity contribution in [3.8, 4) is 0 Å². The van der Waals surface area contributed by atoms with E-state index in [1.807, 2.05) is 0 Å². The number of rotatable bonds is 7. The zero-order valence-corrected chi connectivity index (χ0v) is 14.7. The van der Waals surface area contributed by atoms with Crippen LogP contribution in [0.5, 0.6) is 0 Å². The predicted octanol–water partition coefficient (Wildman–Crippen LogP) is 3.10. The van der Waals surface area contributed by atoms with Gasteiger partial charge in [0.1, 0.15) is 6.26 Å². The van der Waals surface area contributed by atoms with E-state index in [9.17, 15) is 0 Å². The lowest BCUT2D eigenvalue weighted by Crippen LogP contribution is -2.33. The summed E-state index contributed by atoms with van der Waals surface area (Å²) in [5.41, 5.74) is 0.963. The number of hydrogen-bond acceptors (Lipinski definition) is 7. The van der Waals surface area contributed by atoms with Gasteiger partial charge in [-0.05, 0) is 19.4 Å². The van der Waals surface area contributed by atoms with Gasteiger partial charge in [0.2, 0.25) is 5.89 Å². The van der Waals surface area contributed by atoms with E-state index in [0.717, 1.165) is 31.1 Å². The van der Waals surface area contributed by atoms with Gasteiger partial charge in [-0.2, -0.15) is 4.98 Å². The third kappa shape index (κ3) is 4.02. The quantitative estimate of drug-likeness (QED) is 0.770. The molecule has 0 bridgehead atoms. The molecule has 0 radical (unpaired) electrons. The first-order valence-electron chi connectivity index (χ1n) is 8.67. The lowest BCUT2D eigenvalue weighted by Gasteiger charge is -2.32. The van der Waals surface area contributed by atoms with Crippen molar-refractivity contribution in [3.05, 3.63) is 29.6 Å². The van der Waals surface area contributed by atoms with E-state index in [1.54, 1.807) is 13.4 Å². The molecule has 1 fully saturated rings. The SMILES string of the molecule is COCCc1noc([C@H]2CCCCN2Cc2coc(C(C)C)n2)n1.